The summed E-state index contributed by atoms with van der Waals surface area (Å²) >= 11 is 0. The van der Waals surface area contributed by atoms with E-state index in [1.807, 2.05) is 22.6 Å². The topological polar surface area (TPSA) is 71.2 Å². The van der Waals surface area contributed by atoms with Crippen molar-refractivity contribution in [1.29, 1.82) is 0 Å². The van der Waals surface area contributed by atoms with Crippen LogP contribution in [0.15, 0.2) is 12.3 Å². The number of aryl methyl sites for hydroxylation is 1. The van der Waals surface area contributed by atoms with Gasteiger partial charge in [0.1, 0.15) is 0 Å². The van der Waals surface area contributed by atoms with E-state index >= 15 is 0 Å². The molecule has 24 heavy (non-hydrogen) atoms. The first-order valence-corrected chi connectivity index (χ1v) is 8.80. The smallest absolute Gasteiger partial charge is 0.254 e. The van der Waals surface area contributed by atoms with Gasteiger partial charge in [0.15, 0.2) is 5.65 Å². The van der Waals surface area contributed by atoms with Crippen molar-refractivity contribution in [1.82, 2.24) is 19.7 Å². The molecule has 0 bridgehead atoms. The van der Waals surface area contributed by atoms with E-state index in [1.165, 1.54) is 0 Å². The number of likely N-dealkylation sites (tertiary alicyclic amines) is 1. The zero-order valence-electron chi connectivity index (χ0n) is 14.7. The fourth-order valence-electron chi connectivity index (χ4n) is 3.38. The average molecular weight is 330 g/mol. The number of aromatic nitrogens is 3. The van der Waals surface area contributed by atoms with Crippen molar-refractivity contribution in [3.8, 4) is 0 Å². The lowest BCUT2D eigenvalue weighted by Gasteiger charge is -2.32. The highest BCUT2D eigenvalue weighted by Gasteiger charge is 2.26. The maximum atomic E-state index is 13.1. The number of rotatable bonds is 4. The van der Waals surface area contributed by atoms with Crippen molar-refractivity contribution >= 4 is 16.9 Å². The molecule has 3 rings (SSSR count). The molecule has 6 nitrogen and oxygen atoms in total. The van der Waals surface area contributed by atoms with Gasteiger partial charge in [0, 0.05) is 25.4 Å². The van der Waals surface area contributed by atoms with Gasteiger partial charge in [-0.1, -0.05) is 6.92 Å². The van der Waals surface area contributed by atoms with Crippen molar-refractivity contribution in [3.05, 3.63) is 23.5 Å². The lowest BCUT2D eigenvalue weighted by Crippen LogP contribution is -2.41. The van der Waals surface area contributed by atoms with Crippen molar-refractivity contribution in [2.24, 2.45) is 5.92 Å². The summed E-state index contributed by atoms with van der Waals surface area (Å²) in [4.78, 5) is 19.5. The quantitative estimate of drug-likeness (QED) is 0.935. The number of fused-ring (bicyclic) bond motifs is 1. The van der Waals surface area contributed by atoms with Crippen LogP contribution in [0.5, 0.6) is 0 Å². The van der Waals surface area contributed by atoms with Gasteiger partial charge in [0.25, 0.3) is 5.91 Å². The van der Waals surface area contributed by atoms with Crippen molar-refractivity contribution in [2.75, 3.05) is 19.7 Å². The number of hydrogen-bond donors (Lipinski definition) is 1. The molecule has 1 amide bonds. The number of hydrogen-bond acceptors (Lipinski definition) is 4. The maximum Gasteiger partial charge on any atom is 0.254 e. The van der Waals surface area contributed by atoms with Crippen LogP contribution in [0.25, 0.3) is 11.0 Å². The molecule has 0 spiro atoms. The Hall–Kier alpha value is -1.95. The second kappa shape index (κ2) is 6.89. The van der Waals surface area contributed by atoms with Gasteiger partial charge in [-0.05, 0) is 45.1 Å². The second-order valence-corrected chi connectivity index (χ2v) is 6.84. The number of aliphatic hydroxyl groups is 1. The number of piperidine rings is 1. The van der Waals surface area contributed by atoms with E-state index in [0.29, 0.717) is 12.1 Å². The van der Waals surface area contributed by atoms with E-state index < -0.39 is 0 Å². The van der Waals surface area contributed by atoms with Gasteiger partial charge in [0.2, 0.25) is 0 Å². The summed E-state index contributed by atoms with van der Waals surface area (Å²) in [5, 5.41) is 14.7. The molecule has 3 heterocycles. The summed E-state index contributed by atoms with van der Waals surface area (Å²) in [6.07, 6.45) is 4.64. The molecule has 2 aromatic heterocycles. The van der Waals surface area contributed by atoms with E-state index in [-0.39, 0.29) is 24.5 Å². The van der Waals surface area contributed by atoms with Crippen molar-refractivity contribution in [2.45, 2.75) is 46.1 Å². The number of carbonyl (C=O) groups is 1. The summed E-state index contributed by atoms with van der Waals surface area (Å²) in [7, 11) is 0. The molecule has 1 N–H and O–H groups in total. The Morgan fingerprint density at radius 1 is 1.50 bits per heavy atom. The highest BCUT2D eigenvalue weighted by molar-refractivity contribution is 6.05. The van der Waals surface area contributed by atoms with E-state index in [2.05, 4.69) is 23.9 Å². The lowest BCUT2D eigenvalue weighted by molar-refractivity contribution is 0.0622. The van der Waals surface area contributed by atoms with Crippen LogP contribution in [0.2, 0.25) is 0 Å². The molecule has 0 radical (unpaired) electrons. The average Bonchev–Trinajstić information content (AvgIpc) is 3.03. The number of nitrogens with zero attached hydrogens (tertiary/aromatic N) is 4. The van der Waals surface area contributed by atoms with Gasteiger partial charge in [-0.3, -0.25) is 4.79 Å². The van der Waals surface area contributed by atoms with Gasteiger partial charge in [-0.2, -0.15) is 5.10 Å². The molecule has 1 fully saturated rings. The third-order valence-electron chi connectivity index (χ3n) is 5.00. The highest BCUT2D eigenvalue weighted by Crippen LogP contribution is 2.25. The Bertz CT molecular complexity index is 740. The highest BCUT2D eigenvalue weighted by atomic mass is 16.3. The predicted octanol–water partition coefficient (Wildman–Crippen LogP) is 2.56. The Morgan fingerprint density at radius 2 is 2.29 bits per heavy atom. The first kappa shape index (κ1) is 16.9. The summed E-state index contributed by atoms with van der Waals surface area (Å²) in [5.74, 6) is 0.205. The predicted molar refractivity (Wildman–Crippen MR) is 93.0 cm³/mol. The minimum Gasteiger partial charge on any atom is -0.396 e. The molecule has 0 aromatic carbocycles. The van der Waals surface area contributed by atoms with E-state index in [4.69, 9.17) is 0 Å². The molecular weight excluding hydrogens is 304 g/mol. The molecule has 0 saturated carbocycles. The summed E-state index contributed by atoms with van der Waals surface area (Å²) in [6, 6.07) is 2.10. The molecule has 2 unspecified atom stereocenters. The molecule has 1 aliphatic heterocycles. The van der Waals surface area contributed by atoms with E-state index in [1.54, 1.807) is 6.20 Å². The molecule has 2 aromatic rings. The van der Waals surface area contributed by atoms with Gasteiger partial charge in [-0.15, -0.1) is 0 Å². The normalized spacial score (nSPS) is 19.7. The molecule has 6 heteroatoms. The number of aliphatic hydroxyl groups excluding tert-OH is 1. The van der Waals surface area contributed by atoms with Crippen LogP contribution in [0.1, 0.15) is 55.2 Å². The molecule has 1 saturated heterocycles. The fourth-order valence-corrected chi connectivity index (χ4v) is 3.38. The molecule has 130 valence electrons. The van der Waals surface area contributed by atoms with Crippen LogP contribution < -0.4 is 0 Å². The molecule has 2 atom stereocenters. The minimum absolute atomic E-state index is 0.0207. The van der Waals surface area contributed by atoms with Crippen LogP contribution in [-0.2, 0) is 0 Å². The summed E-state index contributed by atoms with van der Waals surface area (Å²) in [6.45, 7) is 7.64. The fraction of sp³-hybridized carbons (Fsp3) is 0.611. The van der Waals surface area contributed by atoms with E-state index in [0.717, 1.165) is 42.5 Å². The number of carbonyl (C=O) groups excluding carboxylic acids is 1. The lowest BCUT2D eigenvalue weighted by atomic mass is 9.98. The van der Waals surface area contributed by atoms with Crippen LogP contribution in [0.4, 0.5) is 0 Å². The first-order chi connectivity index (χ1) is 11.5. The van der Waals surface area contributed by atoms with E-state index in [9.17, 15) is 9.90 Å². The van der Waals surface area contributed by atoms with Gasteiger partial charge >= 0.3 is 0 Å². The van der Waals surface area contributed by atoms with Crippen LogP contribution in [-0.4, -0.2) is 50.4 Å². The zero-order valence-corrected chi connectivity index (χ0v) is 14.7. The number of amides is 1. The maximum absolute atomic E-state index is 13.1. The Kier molecular flexibility index (Phi) is 4.85. The standard InChI is InChI=1S/C18H26N4O2/c1-4-13(3)22-17-16(9-19-22)15(8-12(2)20-17)18(24)21-7-5-6-14(10-21)11-23/h8-9,13-14,23H,4-7,10-11H2,1-3H3. The van der Waals surface area contributed by atoms with Gasteiger partial charge < -0.3 is 10.0 Å². The van der Waals surface area contributed by atoms with Crippen molar-refractivity contribution in [3.63, 3.8) is 0 Å². The monoisotopic (exact) mass is 330 g/mol. The SMILES string of the molecule is CCC(C)n1ncc2c(C(=O)N3CCCC(CO)C3)cc(C)nc21. The largest absolute Gasteiger partial charge is 0.396 e. The summed E-state index contributed by atoms with van der Waals surface area (Å²) < 4.78 is 1.91. The Morgan fingerprint density at radius 3 is 3.00 bits per heavy atom. The van der Waals surface area contributed by atoms with Gasteiger partial charge in [0.05, 0.1) is 23.2 Å². The third kappa shape index (κ3) is 3.02. The van der Waals surface area contributed by atoms with Gasteiger partial charge in [-0.25, -0.2) is 9.67 Å². The van der Waals surface area contributed by atoms with Crippen LogP contribution in [0, 0.1) is 12.8 Å². The molecular formula is C18H26N4O2. The minimum atomic E-state index is 0.0207. The van der Waals surface area contributed by atoms with Crippen LogP contribution >= 0.6 is 0 Å². The first-order valence-electron chi connectivity index (χ1n) is 8.80. The molecule has 0 aliphatic carbocycles. The third-order valence-corrected chi connectivity index (χ3v) is 5.00. The second-order valence-electron chi connectivity index (χ2n) is 6.84. The van der Waals surface area contributed by atoms with Crippen molar-refractivity contribution < 1.29 is 9.90 Å². The zero-order chi connectivity index (χ0) is 17.3. The summed E-state index contributed by atoms with van der Waals surface area (Å²) in [5.41, 5.74) is 2.28. The molecule has 1 aliphatic rings. The number of pyridine rings is 1. The Balaban J connectivity index is 1.99. The Labute approximate surface area is 142 Å². The van der Waals surface area contributed by atoms with Crippen LogP contribution in [0.3, 0.4) is 0 Å².